The summed E-state index contributed by atoms with van der Waals surface area (Å²) in [5.74, 6) is 1.16. The van der Waals surface area contributed by atoms with Crippen molar-refractivity contribution in [2.75, 3.05) is 0 Å². The van der Waals surface area contributed by atoms with Gasteiger partial charge in [-0.2, -0.15) is 0 Å². The lowest BCUT2D eigenvalue weighted by Crippen LogP contribution is -1.95. The standard InChI is InChI=1S/C14H14N4OS2/c1-9-2-4-10(5-3-9)13-16-11(7-20-13)8-21-14-18-17-12(6-15)19-14/h2-5,7H,6,8,15H2,1H3. The van der Waals surface area contributed by atoms with Crippen molar-refractivity contribution in [2.45, 2.75) is 24.4 Å². The number of aryl methyl sites for hydroxylation is 1. The van der Waals surface area contributed by atoms with E-state index in [1.165, 1.54) is 17.3 Å². The van der Waals surface area contributed by atoms with Crippen LogP contribution in [0.1, 0.15) is 17.1 Å². The molecular weight excluding hydrogens is 304 g/mol. The highest BCUT2D eigenvalue weighted by Gasteiger charge is 2.08. The van der Waals surface area contributed by atoms with Gasteiger partial charge < -0.3 is 10.2 Å². The lowest BCUT2D eigenvalue weighted by Gasteiger charge is -1.96. The highest BCUT2D eigenvalue weighted by molar-refractivity contribution is 7.98. The van der Waals surface area contributed by atoms with Crippen molar-refractivity contribution < 1.29 is 4.42 Å². The number of thiazole rings is 1. The van der Waals surface area contributed by atoms with Crippen molar-refractivity contribution in [1.82, 2.24) is 15.2 Å². The Kier molecular flexibility index (Phi) is 4.33. The molecule has 0 spiro atoms. The molecule has 0 amide bonds. The summed E-state index contributed by atoms with van der Waals surface area (Å²) in [7, 11) is 0. The van der Waals surface area contributed by atoms with Gasteiger partial charge in [0, 0.05) is 16.7 Å². The van der Waals surface area contributed by atoms with Crippen molar-refractivity contribution in [3.63, 3.8) is 0 Å². The van der Waals surface area contributed by atoms with E-state index in [-0.39, 0.29) is 6.54 Å². The third-order valence-corrected chi connectivity index (χ3v) is 4.61. The quantitative estimate of drug-likeness (QED) is 0.728. The molecule has 1 aromatic carbocycles. The van der Waals surface area contributed by atoms with E-state index >= 15 is 0 Å². The Morgan fingerprint density at radius 3 is 2.76 bits per heavy atom. The highest BCUT2D eigenvalue weighted by atomic mass is 32.2. The Morgan fingerprint density at radius 1 is 1.24 bits per heavy atom. The Labute approximate surface area is 130 Å². The number of hydrogen-bond acceptors (Lipinski definition) is 7. The summed E-state index contributed by atoms with van der Waals surface area (Å²) in [6.07, 6.45) is 0. The van der Waals surface area contributed by atoms with Gasteiger partial charge in [-0.15, -0.1) is 21.5 Å². The molecular formula is C14H14N4OS2. The molecule has 5 nitrogen and oxygen atoms in total. The van der Waals surface area contributed by atoms with Crippen molar-refractivity contribution >= 4 is 23.1 Å². The fourth-order valence-corrected chi connectivity index (χ4v) is 3.32. The van der Waals surface area contributed by atoms with E-state index < -0.39 is 0 Å². The minimum Gasteiger partial charge on any atom is -0.415 e. The average molecular weight is 318 g/mol. The van der Waals surface area contributed by atoms with Crippen LogP contribution < -0.4 is 5.73 Å². The second kappa shape index (κ2) is 6.38. The second-order valence-electron chi connectivity index (χ2n) is 4.46. The molecule has 0 atom stereocenters. The largest absolute Gasteiger partial charge is 0.415 e. The van der Waals surface area contributed by atoms with E-state index in [1.54, 1.807) is 11.3 Å². The van der Waals surface area contributed by atoms with Crippen LogP contribution in [0.3, 0.4) is 0 Å². The van der Waals surface area contributed by atoms with Crippen LogP contribution in [-0.2, 0) is 12.3 Å². The van der Waals surface area contributed by atoms with Crippen LogP contribution in [0.2, 0.25) is 0 Å². The first-order valence-corrected chi connectivity index (χ1v) is 8.28. The third kappa shape index (κ3) is 3.49. The van der Waals surface area contributed by atoms with Gasteiger partial charge in [0.15, 0.2) is 0 Å². The molecule has 0 bridgehead atoms. The Bertz CT molecular complexity index is 721. The predicted molar refractivity (Wildman–Crippen MR) is 84.0 cm³/mol. The number of nitrogens with two attached hydrogens (primary N) is 1. The minimum atomic E-state index is 0.266. The van der Waals surface area contributed by atoms with Crippen molar-refractivity contribution in [3.8, 4) is 10.6 Å². The molecule has 2 aromatic heterocycles. The summed E-state index contributed by atoms with van der Waals surface area (Å²) in [5.41, 5.74) is 8.83. The van der Waals surface area contributed by atoms with Crippen molar-refractivity contribution in [1.29, 1.82) is 0 Å². The maximum atomic E-state index is 5.43. The molecule has 108 valence electrons. The molecule has 7 heteroatoms. The van der Waals surface area contributed by atoms with Gasteiger partial charge in [0.05, 0.1) is 12.2 Å². The molecule has 0 aliphatic rings. The number of hydrogen-bond donors (Lipinski definition) is 1. The predicted octanol–water partition coefficient (Wildman–Crippen LogP) is 3.25. The summed E-state index contributed by atoms with van der Waals surface area (Å²) in [6.45, 7) is 2.34. The van der Waals surface area contributed by atoms with E-state index in [2.05, 4.69) is 51.8 Å². The van der Waals surface area contributed by atoms with Crippen LogP contribution in [0, 0.1) is 6.92 Å². The number of aromatic nitrogens is 3. The zero-order valence-corrected chi connectivity index (χ0v) is 13.1. The van der Waals surface area contributed by atoms with Gasteiger partial charge in [0.25, 0.3) is 5.22 Å². The molecule has 0 unspecified atom stereocenters. The summed E-state index contributed by atoms with van der Waals surface area (Å²) < 4.78 is 5.35. The van der Waals surface area contributed by atoms with E-state index in [4.69, 9.17) is 10.2 Å². The molecule has 0 radical (unpaired) electrons. The number of thioether (sulfide) groups is 1. The van der Waals surface area contributed by atoms with Crippen LogP contribution in [0.4, 0.5) is 0 Å². The lowest BCUT2D eigenvalue weighted by atomic mass is 10.2. The zero-order valence-electron chi connectivity index (χ0n) is 11.4. The third-order valence-electron chi connectivity index (χ3n) is 2.82. The van der Waals surface area contributed by atoms with Gasteiger partial charge in [-0.3, -0.25) is 0 Å². The summed E-state index contributed by atoms with van der Waals surface area (Å²) in [5, 5.41) is 11.4. The number of benzene rings is 1. The fourth-order valence-electron chi connectivity index (χ4n) is 1.72. The van der Waals surface area contributed by atoms with Gasteiger partial charge in [0.1, 0.15) is 5.01 Å². The molecule has 0 aliphatic heterocycles. The first kappa shape index (κ1) is 14.2. The number of nitrogens with zero attached hydrogens (tertiary/aromatic N) is 3. The molecule has 21 heavy (non-hydrogen) atoms. The maximum absolute atomic E-state index is 5.43. The Hall–Kier alpha value is -1.70. The molecule has 0 saturated carbocycles. The summed E-state index contributed by atoms with van der Waals surface area (Å²) in [6, 6.07) is 8.38. The summed E-state index contributed by atoms with van der Waals surface area (Å²) >= 11 is 3.11. The van der Waals surface area contributed by atoms with Crippen LogP contribution >= 0.6 is 23.1 Å². The first-order chi connectivity index (χ1) is 10.2. The molecule has 2 N–H and O–H groups in total. The molecule has 0 aliphatic carbocycles. The summed E-state index contributed by atoms with van der Waals surface area (Å²) in [4.78, 5) is 4.64. The maximum Gasteiger partial charge on any atom is 0.277 e. The SMILES string of the molecule is Cc1ccc(-c2nc(CSc3nnc(CN)o3)cs2)cc1. The van der Waals surface area contributed by atoms with E-state index in [0.717, 1.165) is 16.3 Å². The first-order valence-electron chi connectivity index (χ1n) is 6.41. The van der Waals surface area contributed by atoms with Crippen LogP contribution in [0.5, 0.6) is 0 Å². The molecule has 3 aromatic rings. The normalized spacial score (nSPS) is 11.0. The van der Waals surface area contributed by atoms with E-state index in [1.807, 2.05) is 0 Å². The smallest absolute Gasteiger partial charge is 0.277 e. The fraction of sp³-hybridized carbons (Fsp3) is 0.214. The topological polar surface area (TPSA) is 77.8 Å². The zero-order chi connectivity index (χ0) is 14.7. The molecule has 3 rings (SSSR count). The molecule has 0 fully saturated rings. The van der Waals surface area contributed by atoms with Gasteiger partial charge in [-0.25, -0.2) is 4.98 Å². The molecule has 2 heterocycles. The van der Waals surface area contributed by atoms with E-state index in [9.17, 15) is 0 Å². The average Bonchev–Trinajstić information content (AvgIpc) is 3.15. The van der Waals surface area contributed by atoms with Gasteiger partial charge in [0.2, 0.25) is 5.89 Å². The van der Waals surface area contributed by atoms with Crippen LogP contribution in [0.15, 0.2) is 39.3 Å². The van der Waals surface area contributed by atoms with Gasteiger partial charge in [-0.05, 0) is 6.92 Å². The Balaban J connectivity index is 1.66. The highest BCUT2D eigenvalue weighted by Crippen LogP contribution is 2.27. The lowest BCUT2D eigenvalue weighted by molar-refractivity contribution is 0.414. The number of rotatable bonds is 5. The molecule has 0 saturated heterocycles. The van der Waals surface area contributed by atoms with Crippen molar-refractivity contribution in [3.05, 3.63) is 46.8 Å². The van der Waals surface area contributed by atoms with Crippen LogP contribution in [-0.4, -0.2) is 15.2 Å². The minimum absolute atomic E-state index is 0.266. The monoisotopic (exact) mass is 318 g/mol. The van der Waals surface area contributed by atoms with Crippen molar-refractivity contribution in [2.24, 2.45) is 5.73 Å². The Morgan fingerprint density at radius 2 is 2.05 bits per heavy atom. The van der Waals surface area contributed by atoms with Gasteiger partial charge in [-0.1, -0.05) is 41.6 Å². The van der Waals surface area contributed by atoms with E-state index in [0.29, 0.717) is 16.9 Å². The van der Waals surface area contributed by atoms with Crippen LogP contribution in [0.25, 0.3) is 10.6 Å². The van der Waals surface area contributed by atoms with Gasteiger partial charge >= 0.3 is 0 Å². The second-order valence-corrected chi connectivity index (χ2v) is 6.25.